The third-order valence-electron chi connectivity index (χ3n) is 4.52. The minimum atomic E-state index is -1.02. The van der Waals surface area contributed by atoms with Crippen molar-refractivity contribution in [3.63, 3.8) is 0 Å². The first-order valence-electron chi connectivity index (χ1n) is 10.0. The van der Waals surface area contributed by atoms with Crippen molar-refractivity contribution in [2.24, 2.45) is 5.10 Å². The van der Waals surface area contributed by atoms with E-state index in [-0.39, 0.29) is 12.5 Å². The second kappa shape index (κ2) is 11.3. The van der Waals surface area contributed by atoms with E-state index in [1.807, 2.05) is 72.8 Å². The van der Waals surface area contributed by atoms with Gasteiger partial charge in [0.15, 0.2) is 6.61 Å². The van der Waals surface area contributed by atoms with Gasteiger partial charge in [0.1, 0.15) is 5.75 Å². The predicted molar refractivity (Wildman–Crippen MR) is 119 cm³/mol. The number of aliphatic carboxylic acids is 1. The standard InChI is InChI=1S/C25H24N2O4/c28-23(16-8-10-19-9-7-15-22(17-19)31-18-24(29)30)26-27-25(20-11-3-1-4-12-20)21-13-5-2-6-14-21/h1-7,9,11-15,17H,8,10,16,18H2,(H,26,28)(H,29,30). The molecule has 6 heteroatoms. The molecule has 0 atom stereocenters. The summed E-state index contributed by atoms with van der Waals surface area (Å²) in [7, 11) is 0. The molecular formula is C25H24N2O4. The highest BCUT2D eigenvalue weighted by Crippen LogP contribution is 2.15. The van der Waals surface area contributed by atoms with E-state index in [1.54, 1.807) is 12.1 Å². The number of hydrogen-bond acceptors (Lipinski definition) is 4. The number of carbonyl (C=O) groups is 2. The quantitative estimate of drug-likeness (QED) is 0.386. The van der Waals surface area contributed by atoms with Gasteiger partial charge in [0.25, 0.3) is 0 Å². The van der Waals surface area contributed by atoms with Crippen molar-refractivity contribution < 1.29 is 19.4 Å². The zero-order valence-electron chi connectivity index (χ0n) is 17.0. The number of nitrogens with zero attached hydrogens (tertiary/aromatic N) is 1. The van der Waals surface area contributed by atoms with Crippen LogP contribution in [-0.2, 0) is 16.0 Å². The van der Waals surface area contributed by atoms with Crippen LogP contribution < -0.4 is 10.2 Å². The number of hydrazone groups is 1. The van der Waals surface area contributed by atoms with Crippen LogP contribution in [0.3, 0.4) is 0 Å². The SMILES string of the molecule is O=C(O)COc1cccc(CCCC(=O)NN=C(c2ccccc2)c2ccccc2)c1. The maximum absolute atomic E-state index is 12.3. The zero-order chi connectivity index (χ0) is 21.9. The van der Waals surface area contributed by atoms with Gasteiger partial charge in [0, 0.05) is 17.5 Å². The van der Waals surface area contributed by atoms with Crippen molar-refractivity contribution in [3.8, 4) is 5.75 Å². The molecule has 0 aromatic heterocycles. The minimum absolute atomic E-state index is 0.164. The van der Waals surface area contributed by atoms with Crippen LogP contribution in [0.4, 0.5) is 0 Å². The van der Waals surface area contributed by atoms with Gasteiger partial charge in [-0.3, -0.25) is 4.79 Å². The van der Waals surface area contributed by atoms with E-state index in [1.165, 1.54) is 0 Å². The molecule has 158 valence electrons. The van der Waals surface area contributed by atoms with Crippen LogP contribution in [0, 0.1) is 0 Å². The summed E-state index contributed by atoms with van der Waals surface area (Å²) in [4.78, 5) is 23.0. The second-order valence-corrected chi connectivity index (χ2v) is 6.91. The molecule has 0 bridgehead atoms. The first kappa shape index (κ1) is 21.8. The summed E-state index contributed by atoms with van der Waals surface area (Å²) in [5, 5.41) is 13.1. The molecule has 0 heterocycles. The highest BCUT2D eigenvalue weighted by molar-refractivity contribution is 6.13. The molecule has 0 saturated carbocycles. The highest BCUT2D eigenvalue weighted by atomic mass is 16.5. The molecule has 0 spiro atoms. The van der Waals surface area contributed by atoms with Crippen LogP contribution in [0.1, 0.15) is 29.5 Å². The molecule has 3 rings (SSSR count). The maximum atomic E-state index is 12.3. The fraction of sp³-hybridized carbons (Fsp3) is 0.160. The molecule has 3 aromatic rings. The monoisotopic (exact) mass is 416 g/mol. The van der Waals surface area contributed by atoms with Gasteiger partial charge < -0.3 is 9.84 Å². The van der Waals surface area contributed by atoms with Gasteiger partial charge in [0.2, 0.25) is 5.91 Å². The molecule has 1 amide bonds. The summed E-state index contributed by atoms with van der Waals surface area (Å²) in [6, 6.07) is 26.7. The molecule has 6 nitrogen and oxygen atoms in total. The number of benzene rings is 3. The van der Waals surface area contributed by atoms with E-state index in [4.69, 9.17) is 9.84 Å². The normalized spacial score (nSPS) is 10.2. The molecule has 3 aromatic carbocycles. The van der Waals surface area contributed by atoms with Crippen molar-refractivity contribution in [1.82, 2.24) is 5.43 Å². The van der Waals surface area contributed by atoms with Crippen molar-refractivity contribution in [3.05, 3.63) is 102 Å². The van der Waals surface area contributed by atoms with Crippen LogP contribution in [0.5, 0.6) is 5.75 Å². The molecule has 0 aliphatic carbocycles. The Hall–Kier alpha value is -3.93. The summed E-state index contributed by atoms with van der Waals surface area (Å²) >= 11 is 0. The fourth-order valence-corrected chi connectivity index (χ4v) is 3.05. The molecular weight excluding hydrogens is 392 g/mol. The summed E-state index contributed by atoms with van der Waals surface area (Å²) < 4.78 is 5.19. The molecule has 0 saturated heterocycles. The van der Waals surface area contributed by atoms with Gasteiger partial charge >= 0.3 is 5.97 Å². The lowest BCUT2D eigenvalue weighted by atomic mass is 10.0. The lowest BCUT2D eigenvalue weighted by Gasteiger charge is -2.08. The first-order chi connectivity index (χ1) is 15.1. The van der Waals surface area contributed by atoms with Crippen molar-refractivity contribution in [2.45, 2.75) is 19.3 Å². The molecule has 0 aliphatic heterocycles. The van der Waals surface area contributed by atoms with Crippen LogP contribution in [0.2, 0.25) is 0 Å². The van der Waals surface area contributed by atoms with Crippen molar-refractivity contribution in [1.29, 1.82) is 0 Å². The van der Waals surface area contributed by atoms with E-state index in [0.717, 1.165) is 16.7 Å². The smallest absolute Gasteiger partial charge is 0.341 e. The Morgan fingerprint density at radius 1 is 0.871 bits per heavy atom. The molecule has 0 fully saturated rings. The Balaban J connectivity index is 1.56. The van der Waals surface area contributed by atoms with E-state index in [0.29, 0.717) is 30.7 Å². The number of amides is 1. The molecule has 0 aliphatic rings. The number of carbonyl (C=O) groups excluding carboxylic acids is 1. The van der Waals surface area contributed by atoms with Crippen LogP contribution >= 0.6 is 0 Å². The Labute approximate surface area is 181 Å². The van der Waals surface area contributed by atoms with E-state index in [9.17, 15) is 9.59 Å². The Morgan fingerprint density at radius 2 is 1.52 bits per heavy atom. The predicted octanol–water partition coefficient (Wildman–Crippen LogP) is 4.04. The van der Waals surface area contributed by atoms with Crippen LogP contribution in [0.25, 0.3) is 0 Å². The highest BCUT2D eigenvalue weighted by Gasteiger charge is 2.08. The van der Waals surface area contributed by atoms with Gasteiger partial charge in [-0.05, 0) is 30.5 Å². The number of aryl methyl sites for hydroxylation is 1. The first-order valence-corrected chi connectivity index (χ1v) is 10.0. The second-order valence-electron chi connectivity index (χ2n) is 6.91. The van der Waals surface area contributed by atoms with Gasteiger partial charge in [-0.25, -0.2) is 10.2 Å². The topological polar surface area (TPSA) is 88.0 Å². The van der Waals surface area contributed by atoms with Gasteiger partial charge in [-0.2, -0.15) is 5.10 Å². The van der Waals surface area contributed by atoms with Gasteiger partial charge in [-0.1, -0.05) is 72.8 Å². The number of hydrogen-bond donors (Lipinski definition) is 2. The Morgan fingerprint density at radius 3 is 2.13 bits per heavy atom. The average Bonchev–Trinajstić information content (AvgIpc) is 2.79. The third-order valence-corrected chi connectivity index (χ3v) is 4.52. The lowest BCUT2D eigenvalue weighted by Crippen LogP contribution is -2.20. The largest absolute Gasteiger partial charge is 0.482 e. The molecule has 31 heavy (non-hydrogen) atoms. The van der Waals surface area contributed by atoms with E-state index >= 15 is 0 Å². The average molecular weight is 416 g/mol. The number of carboxylic acid groups (broad SMARTS) is 1. The fourth-order valence-electron chi connectivity index (χ4n) is 3.05. The molecule has 0 unspecified atom stereocenters. The minimum Gasteiger partial charge on any atom is -0.482 e. The maximum Gasteiger partial charge on any atom is 0.341 e. The summed E-state index contributed by atoms with van der Waals surface area (Å²) in [5.41, 5.74) is 6.20. The lowest BCUT2D eigenvalue weighted by molar-refractivity contribution is -0.139. The van der Waals surface area contributed by atoms with Crippen molar-refractivity contribution in [2.75, 3.05) is 6.61 Å². The van der Waals surface area contributed by atoms with Crippen LogP contribution in [0.15, 0.2) is 90.0 Å². The molecule has 0 radical (unpaired) electrons. The number of carboxylic acids is 1. The van der Waals surface area contributed by atoms with Crippen LogP contribution in [-0.4, -0.2) is 29.3 Å². The van der Waals surface area contributed by atoms with E-state index < -0.39 is 5.97 Å². The summed E-state index contributed by atoms with van der Waals surface area (Å²) in [6.45, 7) is -0.380. The Bertz CT molecular complexity index is 992. The Kier molecular flexibility index (Phi) is 7.94. The number of ether oxygens (including phenoxy) is 1. The van der Waals surface area contributed by atoms with Crippen molar-refractivity contribution >= 4 is 17.6 Å². The summed E-state index contributed by atoms with van der Waals surface area (Å²) in [5.74, 6) is -0.681. The van der Waals surface area contributed by atoms with Gasteiger partial charge in [0.05, 0.1) is 5.71 Å². The number of nitrogens with one attached hydrogen (secondary N) is 1. The third kappa shape index (κ3) is 7.12. The van der Waals surface area contributed by atoms with E-state index in [2.05, 4.69) is 10.5 Å². The zero-order valence-corrected chi connectivity index (χ0v) is 17.0. The van der Waals surface area contributed by atoms with Gasteiger partial charge in [-0.15, -0.1) is 0 Å². The summed E-state index contributed by atoms with van der Waals surface area (Å²) in [6.07, 6.45) is 1.63. The number of rotatable bonds is 10. The molecule has 2 N–H and O–H groups in total.